The van der Waals surface area contributed by atoms with Crippen molar-refractivity contribution in [3.63, 3.8) is 0 Å². The summed E-state index contributed by atoms with van der Waals surface area (Å²) >= 11 is 0. The van der Waals surface area contributed by atoms with E-state index in [4.69, 9.17) is 0 Å². The molecule has 0 radical (unpaired) electrons. The van der Waals surface area contributed by atoms with E-state index < -0.39 is 0 Å². The second-order valence-electron chi connectivity index (χ2n) is 5.17. The average Bonchev–Trinajstić information content (AvgIpc) is 2.55. The van der Waals surface area contributed by atoms with E-state index in [9.17, 15) is 9.90 Å². The van der Waals surface area contributed by atoms with Gasteiger partial charge in [0.15, 0.2) is 5.82 Å². The molecule has 0 unspecified atom stereocenters. The number of phenolic OH excluding ortho intramolecular Hbond substituents is 1. The number of aryl methyl sites for hydroxylation is 1. The maximum atomic E-state index is 12.4. The van der Waals surface area contributed by atoms with Crippen LogP contribution in [0.2, 0.25) is 0 Å². The van der Waals surface area contributed by atoms with Crippen LogP contribution in [-0.2, 0) is 0 Å². The van der Waals surface area contributed by atoms with Gasteiger partial charge in [-0.1, -0.05) is 42.5 Å². The minimum Gasteiger partial charge on any atom is -0.507 e. The molecule has 4 heteroatoms. The highest BCUT2D eigenvalue weighted by molar-refractivity contribution is 5.69. The fourth-order valence-electron chi connectivity index (χ4n) is 2.33. The van der Waals surface area contributed by atoms with Crippen LogP contribution in [0.4, 0.5) is 0 Å². The van der Waals surface area contributed by atoms with E-state index in [2.05, 4.69) is 4.98 Å². The van der Waals surface area contributed by atoms with E-state index in [-0.39, 0.29) is 11.3 Å². The van der Waals surface area contributed by atoms with Crippen molar-refractivity contribution in [3.05, 3.63) is 82.3 Å². The molecule has 0 saturated heterocycles. The molecular formula is C19H16N2O2. The van der Waals surface area contributed by atoms with Crippen molar-refractivity contribution in [3.8, 4) is 17.1 Å². The van der Waals surface area contributed by atoms with Gasteiger partial charge in [0, 0.05) is 18.0 Å². The zero-order valence-corrected chi connectivity index (χ0v) is 12.7. The largest absolute Gasteiger partial charge is 0.507 e. The number of rotatable bonds is 3. The first-order valence-corrected chi connectivity index (χ1v) is 7.27. The Kier molecular flexibility index (Phi) is 4.06. The Morgan fingerprint density at radius 1 is 1.04 bits per heavy atom. The molecule has 1 N–H and O–H groups in total. The van der Waals surface area contributed by atoms with Crippen molar-refractivity contribution in [2.75, 3.05) is 0 Å². The molecule has 0 aliphatic heterocycles. The molecule has 3 aromatic rings. The van der Waals surface area contributed by atoms with Gasteiger partial charge in [0.05, 0.1) is 5.56 Å². The second-order valence-corrected chi connectivity index (χ2v) is 5.17. The number of aromatic nitrogens is 2. The van der Waals surface area contributed by atoms with Crippen molar-refractivity contribution in [1.82, 2.24) is 9.55 Å². The molecule has 1 aromatic heterocycles. The summed E-state index contributed by atoms with van der Waals surface area (Å²) in [5.74, 6) is 0.507. The molecule has 0 atom stereocenters. The third-order valence-electron chi connectivity index (χ3n) is 3.44. The van der Waals surface area contributed by atoms with Crippen LogP contribution in [0, 0.1) is 6.92 Å². The summed E-state index contributed by atoms with van der Waals surface area (Å²) in [6.45, 7) is 1.76. The predicted molar refractivity (Wildman–Crippen MR) is 92.0 cm³/mol. The Hall–Kier alpha value is -3.14. The van der Waals surface area contributed by atoms with Crippen LogP contribution < -0.4 is 5.56 Å². The van der Waals surface area contributed by atoms with E-state index >= 15 is 0 Å². The van der Waals surface area contributed by atoms with Gasteiger partial charge in [0.2, 0.25) is 0 Å². The summed E-state index contributed by atoms with van der Waals surface area (Å²) in [5.41, 5.74) is 1.91. The highest BCUT2D eigenvalue weighted by Crippen LogP contribution is 2.26. The lowest BCUT2D eigenvalue weighted by atomic mass is 10.1. The Labute approximate surface area is 134 Å². The molecule has 0 bridgehead atoms. The highest BCUT2D eigenvalue weighted by atomic mass is 16.3. The maximum Gasteiger partial charge on any atom is 0.258 e. The molecule has 4 nitrogen and oxygen atoms in total. The summed E-state index contributed by atoms with van der Waals surface area (Å²) in [5, 5.41) is 10.1. The van der Waals surface area contributed by atoms with E-state index in [1.54, 1.807) is 37.4 Å². The second kappa shape index (κ2) is 6.32. The Bertz CT molecular complexity index is 912. The van der Waals surface area contributed by atoms with Crippen molar-refractivity contribution in [1.29, 1.82) is 0 Å². The van der Waals surface area contributed by atoms with Gasteiger partial charge >= 0.3 is 0 Å². The van der Waals surface area contributed by atoms with Crippen LogP contribution in [0.25, 0.3) is 23.7 Å². The predicted octanol–water partition coefficient (Wildman–Crippen LogP) is 3.55. The molecule has 1 heterocycles. The van der Waals surface area contributed by atoms with Crippen LogP contribution in [0.3, 0.4) is 0 Å². The van der Waals surface area contributed by atoms with Gasteiger partial charge in [-0.25, -0.2) is 4.98 Å². The molecule has 23 heavy (non-hydrogen) atoms. The van der Waals surface area contributed by atoms with Crippen molar-refractivity contribution in [2.45, 2.75) is 6.92 Å². The van der Waals surface area contributed by atoms with E-state index in [1.807, 2.05) is 36.4 Å². The number of nitrogens with zero attached hydrogens (tertiary/aromatic N) is 2. The van der Waals surface area contributed by atoms with Gasteiger partial charge in [-0.05, 0) is 30.7 Å². The minimum absolute atomic E-state index is 0.0897. The summed E-state index contributed by atoms with van der Waals surface area (Å²) in [6, 6.07) is 18.0. The molecule has 0 aliphatic carbocycles. The molecule has 114 valence electrons. The van der Waals surface area contributed by atoms with Gasteiger partial charge in [-0.3, -0.25) is 9.36 Å². The van der Waals surface area contributed by atoms with Crippen LogP contribution in [-0.4, -0.2) is 14.7 Å². The zero-order valence-electron chi connectivity index (χ0n) is 12.7. The molecule has 0 saturated carbocycles. The maximum absolute atomic E-state index is 12.4. The Morgan fingerprint density at radius 3 is 2.48 bits per heavy atom. The van der Waals surface area contributed by atoms with Crippen LogP contribution >= 0.6 is 0 Å². The third kappa shape index (κ3) is 3.21. The lowest BCUT2D eigenvalue weighted by molar-refractivity contribution is 0.476. The van der Waals surface area contributed by atoms with Crippen molar-refractivity contribution >= 4 is 12.3 Å². The summed E-state index contributed by atoms with van der Waals surface area (Å²) in [7, 11) is 0. The molecular weight excluding hydrogens is 288 g/mol. The third-order valence-corrected chi connectivity index (χ3v) is 3.44. The summed E-state index contributed by atoms with van der Waals surface area (Å²) < 4.78 is 1.44. The first-order chi connectivity index (χ1) is 11.1. The highest BCUT2D eigenvalue weighted by Gasteiger charge is 2.11. The number of para-hydroxylation sites is 1. The number of benzene rings is 2. The SMILES string of the molecule is Cc1cc(=O)n(C=Cc2ccccc2)c(-c2ccccc2O)n1. The first-order valence-electron chi connectivity index (χ1n) is 7.27. The Balaban J connectivity index is 2.15. The molecule has 0 aliphatic rings. The monoisotopic (exact) mass is 304 g/mol. The summed E-state index contributed by atoms with van der Waals surface area (Å²) in [4.78, 5) is 16.8. The quantitative estimate of drug-likeness (QED) is 0.805. The van der Waals surface area contributed by atoms with E-state index in [0.29, 0.717) is 17.1 Å². The number of hydrogen-bond acceptors (Lipinski definition) is 3. The summed E-state index contributed by atoms with van der Waals surface area (Å²) in [6.07, 6.45) is 3.51. The van der Waals surface area contributed by atoms with Gasteiger partial charge < -0.3 is 5.11 Å². The lowest BCUT2D eigenvalue weighted by Crippen LogP contribution is -2.18. The van der Waals surface area contributed by atoms with Crippen LogP contribution in [0.15, 0.2) is 65.5 Å². The number of aromatic hydroxyl groups is 1. The average molecular weight is 304 g/mol. The zero-order chi connectivity index (χ0) is 16.2. The van der Waals surface area contributed by atoms with Gasteiger partial charge in [0.1, 0.15) is 5.75 Å². The van der Waals surface area contributed by atoms with Crippen LogP contribution in [0.1, 0.15) is 11.3 Å². The van der Waals surface area contributed by atoms with Crippen molar-refractivity contribution < 1.29 is 5.11 Å². The Morgan fingerprint density at radius 2 is 1.74 bits per heavy atom. The fraction of sp³-hybridized carbons (Fsp3) is 0.0526. The molecule has 0 fully saturated rings. The first kappa shape index (κ1) is 14.8. The fourth-order valence-corrected chi connectivity index (χ4v) is 2.33. The lowest BCUT2D eigenvalue weighted by Gasteiger charge is -2.10. The van der Waals surface area contributed by atoms with Gasteiger partial charge in [0.25, 0.3) is 5.56 Å². The number of phenols is 1. The minimum atomic E-state index is -0.192. The smallest absolute Gasteiger partial charge is 0.258 e. The van der Waals surface area contributed by atoms with Gasteiger partial charge in [-0.15, -0.1) is 0 Å². The van der Waals surface area contributed by atoms with Crippen molar-refractivity contribution in [2.24, 2.45) is 0 Å². The number of hydrogen-bond donors (Lipinski definition) is 1. The standard InChI is InChI=1S/C19H16N2O2/c1-14-13-18(23)21(12-11-15-7-3-2-4-8-15)19(20-14)16-9-5-6-10-17(16)22/h2-13,22H,1H3. The van der Waals surface area contributed by atoms with E-state index in [0.717, 1.165) is 5.56 Å². The molecule has 0 spiro atoms. The molecule has 0 amide bonds. The normalized spacial score (nSPS) is 11.0. The topological polar surface area (TPSA) is 55.1 Å². The van der Waals surface area contributed by atoms with Crippen LogP contribution in [0.5, 0.6) is 5.75 Å². The molecule has 3 rings (SSSR count). The van der Waals surface area contributed by atoms with Gasteiger partial charge in [-0.2, -0.15) is 0 Å². The van der Waals surface area contributed by atoms with E-state index in [1.165, 1.54) is 10.6 Å². The molecule has 2 aromatic carbocycles.